The average molecular weight is 309 g/mol. The average Bonchev–Trinajstić information content (AvgIpc) is 2.50. The predicted octanol–water partition coefficient (Wildman–Crippen LogP) is 6.34. The minimum Gasteiger partial charge on any atom is -0.481 e. The Kier molecular flexibility index (Phi) is 17.3. The lowest BCUT2D eigenvalue weighted by Gasteiger charge is -2.01. The summed E-state index contributed by atoms with van der Waals surface area (Å²) in [5, 5.41) is 8.53. The van der Waals surface area contributed by atoms with Crippen molar-refractivity contribution >= 4 is 5.97 Å². The van der Waals surface area contributed by atoms with Gasteiger partial charge in [0.25, 0.3) is 0 Å². The Morgan fingerprint density at radius 1 is 0.682 bits per heavy atom. The molecular weight excluding hydrogens is 272 g/mol. The van der Waals surface area contributed by atoms with E-state index in [9.17, 15) is 4.79 Å². The second-order valence-corrected chi connectivity index (χ2v) is 6.24. The Labute approximate surface area is 138 Å². The fourth-order valence-corrected chi connectivity index (χ4v) is 2.54. The Bertz CT molecular complexity index is 299. The van der Waals surface area contributed by atoms with Crippen molar-refractivity contribution in [2.24, 2.45) is 0 Å². The van der Waals surface area contributed by atoms with Crippen molar-refractivity contribution in [2.75, 3.05) is 0 Å². The molecule has 0 aromatic rings. The Morgan fingerprint density at radius 2 is 1.09 bits per heavy atom. The minimum absolute atomic E-state index is 0.333. The summed E-state index contributed by atoms with van der Waals surface area (Å²) in [6, 6.07) is 0. The maximum Gasteiger partial charge on any atom is 0.303 e. The molecule has 0 aliphatic rings. The fraction of sp³-hybridized carbons (Fsp3) is 0.850. The van der Waals surface area contributed by atoms with Crippen LogP contribution in [0.1, 0.15) is 110 Å². The number of aliphatic carboxylic acids is 1. The molecule has 2 heteroatoms. The molecule has 0 saturated heterocycles. The monoisotopic (exact) mass is 308 g/mol. The van der Waals surface area contributed by atoms with Crippen molar-refractivity contribution < 1.29 is 9.90 Å². The zero-order chi connectivity index (χ0) is 16.3. The number of carboxylic acids is 1. The SMILES string of the molecule is CCCCCCC#CCCCCCCCCCCCC(=O)O. The molecule has 0 aromatic carbocycles. The zero-order valence-electron chi connectivity index (χ0n) is 14.7. The van der Waals surface area contributed by atoms with Gasteiger partial charge in [0, 0.05) is 19.3 Å². The van der Waals surface area contributed by atoms with E-state index in [2.05, 4.69) is 18.8 Å². The van der Waals surface area contributed by atoms with E-state index in [-0.39, 0.29) is 0 Å². The summed E-state index contributed by atoms with van der Waals surface area (Å²) in [6.07, 6.45) is 18.6. The van der Waals surface area contributed by atoms with Crippen LogP contribution in [0, 0.1) is 11.8 Å². The number of hydrogen-bond acceptors (Lipinski definition) is 1. The van der Waals surface area contributed by atoms with E-state index in [4.69, 9.17) is 5.11 Å². The van der Waals surface area contributed by atoms with Gasteiger partial charge < -0.3 is 5.11 Å². The molecule has 0 radical (unpaired) electrons. The second kappa shape index (κ2) is 18.1. The first kappa shape index (κ1) is 21.0. The van der Waals surface area contributed by atoms with Crippen molar-refractivity contribution in [1.82, 2.24) is 0 Å². The van der Waals surface area contributed by atoms with E-state index < -0.39 is 5.97 Å². The molecule has 0 aliphatic heterocycles. The molecule has 0 aliphatic carbocycles. The van der Waals surface area contributed by atoms with E-state index in [1.54, 1.807) is 0 Å². The van der Waals surface area contributed by atoms with Crippen LogP contribution in [0.5, 0.6) is 0 Å². The molecule has 0 heterocycles. The van der Waals surface area contributed by atoms with Crippen molar-refractivity contribution in [3.8, 4) is 11.8 Å². The lowest BCUT2D eigenvalue weighted by Crippen LogP contribution is -1.93. The van der Waals surface area contributed by atoms with Crippen LogP contribution in [0.25, 0.3) is 0 Å². The molecule has 0 unspecified atom stereocenters. The van der Waals surface area contributed by atoms with Gasteiger partial charge in [0.2, 0.25) is 0 Å². The summed E-state index contributed by atoms with van der Waals surface area (Å²) >= 11 is 0. The summed E-state index contributed by atoms with van der Waals surface area (Å²) < 4.78 is 0. The molecule has 1 N–H and O–H groups in total. The predicted molar refractivity (Wildman–Crippen MR) is 95.0 cm³/mol. The molecule has 22 heavy (non-hydrogen) atoms. The number of unbranched alkanes of at least 4 members (excludes halogenated alkanes) is 13. The summed E-state index contributed by atoms with van der Waals surface area (Å²) in [4.78, 5) is 10.4. The van der Waals surface area contributed by atoms with E-state index in [0.29, 0.717) is 6.42 Å². The number of hydrogen-bond donors (Lipinski definition) is 1. The first-order valence-corrected chi connectivity index (χ1v) is 9.45. The highest BCUT2D eigenvalue weighted by molar-refractivity contribution is 5.66. The van der Waals surface area contributed by atoms with Gasteiger partial charge in [0.05, 0.1) is 0 Å². The van der Waals surface area contributed by atoms with Gasteiger partial charge >= 0.3 is 5.97 Å². The van der Waals surface area contributed by atoms with E-state index >= 15 is 0 Å². The molecule has 0 spiro atoms. The molecule has 0 saturated carbocycles. The lowest BCUT2D eigenvalue weighted by atomic mass is 10.1. The van der Waals surface area contributed by atoms with Crippen LogP contribution in [-0.4, -0.2) is 11.1 Å². The normalized spacial score (nSPS) is 10.2. The first-order valence-electron chi connectivity index (χ1n) is 9.45. The molecule has 0 rings (SSSR count). The van der Waals surface area contributed by atoms with Crippen molar-refractivity contribution in [3.05, 3.63) is 0 Å². The Balaban J connectivity index is 3.08. The van der Waals surface area contributed by atoms with E-state index in [0.717, 1.165) is 25.7 Å². The van der Waals surface area contributed by atoms with Crippen LogP contribution >= 0.6 is 0 Å². The van der Waals surface area contributed by atoms with E-state index in [1.807, 2.05) is 0 Å². The van der Waals surface area contributed by atoms with E-state index in [1.165, 1.54) is 70.6 Å². The van der Waals surface area contributed by atoms with Gasteiger partial charge in [-0.05, 0) is 19.3 Å². The van der Waals surface area contributed by atoms with Crippen molar-refractivity contribution in [1.29, 1.82) is 0 Å². The fourth-order valence-electron chi connectivity index (χ4n) is 2.54. The lowest BCUT2D eigenvalue weighted by molar-refractivity contribution is -0.137. The smallest absolute Gasteiger partial charge is 0.303 e. The number of carboxylic acid groups (broad SMARTS) is 1. The third-order valence-electron chi connectivity index (χ3n) is 3.97. The number of carbonyl (C=O) groups is 1. The Hall–Kier alpha value is -0.970. The molecule has 0 fully saturated rings. The van der Waals surface area contributed by atoms with Gasteiger partial charge in [-0.15, -0.1) is 11.8 Å². The molecule has 0 aromatic heterocycles. The van der Waals surface area contributed by atoms with Crippen LogP contribution in [-0.2, 0) is 4.79 Å². The molecular formula is C20H36O2. The van der Waals surface area contributed by atoms with Gasteiger partial charge in [0.1, 0.15) is 0 Å². The van der Waals surface area contributed by atoms with Crippen LogP contribution in [0.2, 0.25) is 0 Å². The second-order valence-electron chi connectivity index (χ2n) is 6.24. The van der Waals surface area contributed by atoms with Crippen LogP contribution < -0.4 is 0 Å². The van der Waals surface area contributed by atoms with Crippen LogP contribution in [0.3, 0.4) is 0 Å². The van der Waals surface area contributed by atoms with Crippen molar-refractivity contribution in [3.63, 3.8) is 0 Å². The van der Waals surface area contributed by atoms with Gasteiger partial charge in [-0.2, -0.15) is 0 Å². The first-order chi connectivity index (χ1) is 10.8. The summed E-state index contributed by atoms with van der Waals surface area (Å²) in [5.41, 5.74) is 0. The third kappa shape index (κ3) is 19.0. The van der Waals surface area contributed by atoms with Gasteiger partial charge in [0.15, 0.2) is 0 Å². The van der Waals surface area contributed by atoms with Crippen LogP contribution in [0.15, 0.2) is 0 Å². The standard InChI is InChI=1S/C20H36O2/c1-2-3-4-5-6-7-8-9-10-11-12-13-14-15-16-17-18-19-20(21)22/h2-6,9-19H2,1H3,(H,21,22). The van der Waals surface area contributed by atoms with Gasteiger partial charge in [-0.1, -0.05) is 71.1 Å². The summed E-state index contributed by atoms with van der Waals surface area (Å²) in [7, 11) is 0. The highest BCUT2D eigenvalue weighted by Gasteiger charge is 1.96. The van der Waals surface area contributed by atoms with Crippen LogP contribution in [0.4, 0.5) is 0 Å². The molecule has 0 amide bonds. The van der Waals surface area contributed by atoms with Gasteiger partial charge in [-0.3, -0.25) is 4.79 Å². The maximum atomic E-state index is 10.4. The zero-order valence-corrected chi connectivity index (χ0v) is 14.7. The summed E-state index contributed by atoms with van der Waals surface area (Å²) in [6.45, 7) is 2.24. The molecule has 0 atom stereocenters. The Morgan fingerprint density at radius 3 is 1.55 bits per heavy atom. The number of rotatable bonds is 15. The van der Waals surface area contributed by atoms with Gasteiger partial charge in [-0.25, -0.2) is 0 Å². The molecule has 2 nitrogen and oxygen atoms in total. The minimum atomic E-state index is -0.663. The highest BCUT2D eigenvalue weighted by Crippen LogP contribution is 2.11. The quantitative estimate of drug-likeness (QED) is 0.283. The molecule has 0 bridgehead atoms. The molecule has 128 valence electrons. The third-order valence-corrected chi connectivity index (χ3v) is 3.97. The highest BCUT2D eigenvalue weighted by atomic mass is 16.4. The van der Waals surface area contributed by atoms with Crippen molar-refractivity contribution in [2.45, 2.75) is 110 Å². The topological polar surface area (TPSA) is 37.3 Å². The maximum absolute atomic E-state index is 10.4. The largest absolute Gasteiger partial charge is 0.481 e. The summed E-state index contributed by atoms with van der Waals surface area (Å²) in [5.74, 6) is 5.93.